The molecule has 32 heavy (non-hydrogen) atoms. The monoisotopic (exact) mass is 476 g/mol. The van der Waals surface area contributed by atoms with Crippen molar-refractivity contribution in [2.45, 2.75) is 31.7 Å². The second-order valence-electron chi connectivity index (χ2n) is 8.00. The van der Waals surface area contributed by atoms with Crippen molar-refractivity contribution in [3.63, 3.8) is 0 Å². The summed E-state index contributed by atoms with van der Waals surface area (Å²) in [6.45, 7) is 3.15. The molecule has 0 aliphatic carbocycles. The van der Waals surface area contributed by atoms with Crippen LogP contribution in [-0.4, -0.2) is 58.4 Å². The summed E-state index contributed by atoms with van der Waals surface area (Å²) in [5.41, 5.74) is 2.44. The Hall–Kier alpha value is -2.16. The number of nitrogens with one attached hydrogen (secondary N) is 1. The molecule has 2 atom stereocenters. The quantitative estimate of drug-likeness (QED) is 0.545. The molecule has 0 bridgehead atoms. The first-order valence-corrected chi connectivity index (χ1v) is 11.3. The van der Waals surface area contributed by atoms with Gasteiger partial charge in [-0.15, -0.1) is 0 Å². The van der Waals surface area contributed by atoms with Crippen LogP contribution in [0.3, 0.4) is 0 Å². The number of benzene rings is 1. The van der Waals surface area contributed by atoms with Gasteiger partial charge in [0.05, 0.1) is 40.5 Å². The minimum Gasteiger partial charge on any atom is -0.495 e. The lowest BCUT2D eigenvalue weighted by atomic mass is 10.0. The summed E-state index contributed by atoms with van der Waals surface area (Å²) < 4.78 is 6.98. The summed E-state index contributed by atoms with van der Waals surface area (Å²) in [6.07, 6.45) is 1.95. The van der Waals surface area contributed by atoms with E-state index in [4.69, 9.17) is 27.9 Å². The zero-order valence-corrected chi connectivity index (χ0v) is 19.3. The number of likely N-dealkylation sites (tertiary alicyclic amines) is 1. The van der Waals surface area contributed by atoms with Crippen molar-refractivity contribution in [3.8, 4) is 5.75 Å². The zero-order chi connectivity index (χ0) is 22.7. The van der Waals surface area contributed by atoms with E-state index in [1.807, 2.05) is 18.2 Å². The first-order chi connectivity index (χ1) is 15.4. The second kappa shape index (κ2) is 10.2. The molecule has 2 N–H and O–H groups in total. The van der Waals surface area contributed by atoms with Crippen molar-refractivity contribution < 1.29 is 9.84 Å². The lowest BCUT2D eigenvalue weighted by molar-refractivity contribution is 0.0385. The SMILES string of the molecule is COc1cnc2ccc(=O)n(CCN3CC[C@H](NCc4ccc(Cl)c(Cl)c4)[C@H](O)C3)c2c1. The molecule has 7 nitrogen and oxygen atoms in total. The second-order valence-corrected chi connectivity index (χ2v) is 8.81. The van der Waals surface area contributed by atoms with Crippen molar-refractivity contribution in [2.24, 2.45) is 0 Å². The van der Waals surface area contributed by atoms with Crippen LogP contribution in [0.5, 0.6) is 5.75 Å². The van der Waals surface area contributed by atoms with Crippen molar-refractivity contribution >= 4 is 34.2 Å². The van der Waals surface area contributed by atoms with Crippen LogP contribution in [0.1, 0.15) is 12.0 Å². The van der Waals surface area contributed by atoms with E-state index >= 15 is 0 Å². The smallest absolute Gasteiger partial charge is 0.251 e. The fraction of sp³-hybridized carbons (Fsp3) is 0.391. The van der Waals surface area contributed by atoms with Gasteiger partial charge in [-0.05, 0) is 36.7 Å². The van der Waals surface area contributed by atoms with Gasteiger partial charge in [0.25, 0.3) is 5.56 Å². The fourth-order valence-electron chi connectivity index (χ4n) is 4.07. The third-order valence-electron chi connectivity index (χ3n) is 5.91. The molecule has 1 aliphatic heterocycles. The van der Waals surface area contributed by atoms with Gasteiger partial charge in [0, 0.05) is 44.4 Å². The number of ether oxygens (including phenoxy) is 1. The van der Waals surface area contributed by atoms with Gasteiger partial charge in [0.1, 0.15) is 5.75 Å². The predicted octanol–water partition coefficient (Wildman–Crippen LogP) is 2.94. The normalized spacial score (nSPS) is 19.4. The Morgan fingerprint density at radius 1 is 1.19 bits per heavy atom. The standard InChI is InChI=1S/C23H26Cl2N4O3/c1-32-16-11-21-19(27-13-16)4-5-23(31)29(21)9-8-28-7-6-20(22(30)14-28)26-12-15-2-3-17(24)18(25)10-15/h2-5,10-11,13,20,22,26,30H,6-9,12,14H2,1H3/t20-,22+/m0/s1. The van der Waals surface area contributed by atoms with Gasteiger partial charge in [-0.1, -0.05) is 29.3 Å². The van der Waals surface area contributed by atoms with E-state index in [1.165, 1.54) is 6.07 Å². The van der Waals surface area contributed by atoms with Crippen molar-refractivity contribution in [1.29, 1.82) is 0 Å². The van der Waals surface area contributed by atoms with E-state index in [-0.39, 0.29) is 11.6 Å². The molecule has 4 rings (SSSR count). The fourth-order valence-corrected chi connectivity index (χ4v) is 4.39. The molecule has 0 amide bonds. The van der Waals surface area contributed by atoms with Gasteiger partial charge in [-0.2, -0.15) is 0 Å². The van der Waals surface area contributed by atoms with Crippen LogP contribution in [0.25, 0.3) is 11.0 Å². The van der Waals surface area contributed by atoms with Gasteiger partial charge in [0.15, 0.2) is 0 Å². The molecular weight excluding hydrogens is 451 g/mol. The van der Waals surface area contributed by atoms with E-state index in [0.29, 0.717) is 42.0 Å². The highest BCUT2D eigenvalue weighted by Gasteiger charge is 2.27. The third-order valence-corrected chi connectivity index (χ3v) is 6.65. The van der Waals surface area contributed by atoms with Crippen LogP contribution in [-0.2, 0) is 13.1 Å². The van der Waals surface area contributed by atoms with Crippen LogP contribution in [0.4, 0.5) is 0 Å². The molecule has 0 radical (unpaired) electrons. The highest BCUT2D eigenvalue weighted by molar-refractivity contribution is 6.42. The first kappa shape index (κ1) is 23.0. The molecule has 2 aromatic heterocycles. The van der Waals surface area contributed by atoms with E-state index in [9.17, 15) is 9.90 Å². The lowest BCUT2D eigenvalue weighted by Gasteiger charge is -2.36. The Labute approximate surface area is 196 Å². The van der Waals surface area contributed by atoms with Crippen LogP contribution in [0.15, 0.2) is 47.4 Å². The van der Waals surface area contributed by atoms with E-state index < -0.39 is 6.10 Å². The van der Waals surface area contributed by atoms with Gasteiger partial charge in [-0.3, -0.25) is 14.7 Å². The van der Waals surface area contributed by atoms with Gasteiger partial charge in [0.2, 0.25) is 0 Å². The van der Waals surface area contributed by atoms with Crippen LogP contribution < -0.4 is 15.6 Å². The first-order valence-electron chi connectivity index (χ1n) is 10.6. The molecular formula is C23H26Cl2N4O3. The van der Waals surface area contributed by atoms with Gasteiger partial charge >= 0.3 is 0 Å². The summed E-state index contributed by atoms with van der Waals surface area (Å²) in [4.78, 5) is 19.0. The zero-order valence-electron chi connectivity index (χ0n) is 17.8. The molecule has 1 aromatic carbocycles. The van der Waals surface area contributed by atoms with Crippen LogP contribution in [0, 0.1) is 0 Å². The van der Waals surface area contributed by atoms with Crippen molar-refractivity contribution in [3.05, 3.63) is 68.6 Å². The van der Waals surface area contributed by atoms with Crippen molar-refractivity contribution in [1.82, 2.24) is 19.8 Å². The number of aromatic nitrogens is 2. The number of aliphatic hydroxyl groups is 1. The summed E-state index contributed by atoms with van der Waals surface area (Å²) in [5.74, 6) is 0.612. The maximum atomic E-state index is 12.5. The Kier molecular flexibility index (Phi) is 7.33. The Morgan fingerprint density at radius 2 is 2.03 bits per heavy atom. The molecule has 1 aliphatic rings. The number of aliphatic hydroxyl groups excluding tert-OH is 1. The molecule has 1 saturated heterocycles. The maximum absolute atomic E-state index is 12.5. The summed E-state index contributed by atoms with van der Waals surface area (Å²) in [6, 6.07) is 10.6. The molecule has 9 heteroatoms. The molecule has 3 heterocycles. The van der Waals surface area contributed by atoms with Crippen LogP contribution >= 0.6 is 23.2 Å². The number of piperidine rings is 1. The number of rotatable bonds is 7. The molecule has 0 spiro atoms. The van der Waals surface area contributed by atoms with E-state index in [1.54, 1.807) is 30.0 Å². The Bertz CT molecular complexity index is 1150. The highest BCUT2D eigenvalue weighted by Crippen LogP contribution is 2.23. The summed E-state index contributed by atoms with van der Waals surface area (Å²) in [7, 11) is 1.58. The number of β-amino-alcohol motifs (C(OH)–C–C–N with tert-alkyl or cyclic N) is 1. The number of fused-ring (bicyclic) bond motifs is 1. The van der Waals surface area contributed by atoms with Crippen molar-refractivity contribution in [2.75, 3.05) is 26.7 Å². The average molecular weight is 477 g/mol. The number of pyridine rings is 2. The number of halogens is 2. The third kappa shape index (κ3) is 5.24. The topological polar surface area (TPSA) is 79.6 Å². The van der Waals surface area contributed by atoms with Gasteiger partial charge in [-0.25, -0.2) is 0 Å². The minimum absolute atomic E-state index is 0.00515. The maximum Gasteiger partial charge on any atom is 0.251 e. The largest absolute Gasteiger partial charge is 0.495 e. The molecule has 1 fully saturated rings. The number of hydrogen-bond donors (Lipinski definition) is 2. The van der Waals surface area contributed by atoms with E-state index in [2.05, 4.69) is 15.2 Å². The van der Waals surface area contributed by atoms with Crippen LogP contribution in [0.2, 0.25) is 10.0 Å². The highest BCUT2D eigenvalue weighted by atomic mass is 35.5. The number of nitrogens with zero attached hydrogens (tertiary/aromatic N) is 3. The molecule has 170 valence electrons. The summed E-state index contributed by atoms with van der Waals surface area (Å²) in [5, 5.41) is 15.1. The average Bonchev–Trinajstić information content (AvgIpc) is 2.79. The Morgan fingerprint density at radius 3 is 2.78 bits per heavy atom. The number of methoxy groups -OCH3 is 1. The summed E-state index contributed by atoms with van der Waals surface area (Å²) >= 11 is 12.1. The molecule has 3 aromatic rings. The van der Waals surface area contributed by atoms with Gasteiger partial charge < -0.3 is 19.7 Å². The lowest BCUT2D eigenvalue weighted by Crippen LogP contribution is -2.53. The molecule has 0 saturated carbocycles. The molecule has 0 unspecified atom stereocenters. The minimum atomic E-state index is -0.502. The van der Waals surface area contributed by atoms with E-state index in [0.717, 1.165) is 29.6 Å². The number of hydrogen-bond acceptors (Lipinski definition) is 6. The predicted molar refractivity (Wildman–Crippen MR) is 127 cm³/mol. The Balaban J connectivity index is 1.35.